The highest BCUT2D eigenvalue weighted by molar-refractivity contribution is 8.01. The molecule has 0 saturated carbocycles. The van der Waals surface area contributed by atoms with Crippen LogP contribution in [0.5, 0.6) is 0 Å². The van der Waals surface area contributed by atoms with Gasteiger partial charge in [-0.05, 0) is 6.92 Å². The van der Waals surface area contributed by atoms with Gasteiger partial charge in [0.25, 0.3) is 0 Å². The third kappa shape index (κ3) is 5.18. The minimum absolute atomic E-state index is 0.391. The number of hydrogen-bond acceptors (Lipinski definition) is 1. The summed E-state index contributed by atoms with van der Waals surface area (Å²) in [5.41, 5.74) is -0.521. The molecule has 1 radical (unpaired) electrons. The summed E-state index contributed by atoms with van der Waals surface area (Å²) < 4.78 is 35.4. The molecule has 0 heterocycles. The first kappa shape index (κ1) is 10.9. The zero-order valence-electron chi connectivity index (χ0n) is 6.40. The standard InChI is InChI=1S/C7H10F3S/c1-3-11-5-4-6(2)7(8,9)10/h3-4H,5H2,1-2H3/b6-4+. The highest BCUT2D eigenvalue weighted by Crippen LogP contribution is 2.25. The molecule has 0 amide bonds. The minimum atomic E-state index is -4.16. The lowest BCUT2D eigenvalue weighted by Gasteiger charge is -2.05. The number of allylic oxidation sites excluding steroid dienone is 1. The first-order chi connectivity index (χ1) is 4.98. The van der Waals surface area contributed by atoms with E-state index in [1.54, 1.807) is 12.7 Å². The predicted octanol–water partition coefficient (Wildman–Crippen LogP) is 3.41. The molecule has 0 unspecified atom stereocenters. The van der Waals surface area contributed by atoms with Crippen LogP contribution in [0.3, 0.4) is 0 Å². The van der Waals surface area contributed by atoms with Crippen molar-refractivity contribution in [2.45, 2.75) is 20.0 Å². The molecule has 11 heavy (non-hydrogen) atoms. The molecule has 0 rings (SSSR count). The van der Waals surface area contributed by atoms with Crippen LogP contribution >= 0.6 is 11.8 Å². The van der Waals surface area contributed by atoms with Gasteiger partial charge in [0, 0.05) is 17.1 Å². The van der Waals surface area contributed by atoms with E-state index >= 15 is 0 Å². The largest absolute Gasteiger partial charge is 0.412 e. The second kappa shape index (κ2) is 4.70. The monoisotopic (exact) mass is 183 g/mol. The van der Waals surface area contributed by atoms with Crippen LogP contribution in [0.15, 0.2) is 11.6 Å². The van der Waals surface area contributed by atoms with Gasteiger partial charge < -0.3 is 0 Å². The number of alkyl halides is 3. The lowest BCUT2D eigenvalue weighted by molar-refractivity contribution is -0.0914. The Balaban J connectivity index is 3.81. The average molecular weight is 183 g/mol. The topological polar surface area (TPSA) is 0 Å². The summed E-state index contributed by atoms with van der Waals surface area (Å²) in [6.07, 6.45) is -2.97. The summed E-state index contributed by atoms with van der Waals surface area (Å²) in [6.45, 7) is 2.87. The van der Waals surface area contributed by atoms with Crippen LogP contribution in [0.2, 0.25) is 0 Å². The summed E-state index contributed by atoms with van der Waals surface area (Å²) in [4.78, 5) is 0. The smallest absolute Gasteiger partial charge is 0.167 e. The molecule has 0 nitrogen and oxygen atoms in total. The minimum Gasteiger partial charge on any atom is -0.167 e. The maximum Gasteiger partial charge on any atom is 0.412 e. The molecule has 0 N–H and O–H groups in total. The molecular weight excluding hydrogens is 173 g/mol. The summed E-state index contributed by atoms with van der Waals surface area (Å²) in [7, 11) is 0. The van der Waals surface area contributed by atoms with Crippen molar-refractivity contribution in [2.24, 2.45) is 0 Å². The van der Waals surface area contributed by atoms with Gasteiger partial charge in [0.1, 0.15) is 0 Å². The lowest BCUT2D eigenvalue weighted by Crippen LogP contribution is -2.08. The molecule has 0 aliphatic carbocycles. The Kier molecular flexibility index (Phi) is 4.65. The van der Waals surface area contributed by atoms with E-state index in [4.69, 9.17) is 0 Å². The van der Waals surface area contributed by atoms with Gasteiger partial charge in [-0.3, -0.25) is 0 Å². The molecular formula is C7H10F3S. The van der Waals surface area contributed by atoms with Crippen molar-refractivity contribution in [3.05, 3.63) is 17.4 Å². The second-order valence-electron chi connectivity index (χ2n) is 1.95. The molecule has 0 aliphatic heterocycles. The van der Waals surface area contributed by atoms with Crippen LogP contribution < -0.4 is 0 Å². The van der Waals surface area contributed by atoms with Crippen LogP contribution in [0, 0.1) is 5.75 Å². The third-order valence-corrected chi connectivity index (χ3v) is 1.79. The summed E-state index contributed by atoms with van der Waals surface area (Å²) in [5.74, 6) is 2.15. The van der Waals surface area contributed by atoms with E-state index in [-0.39, 0.29) is 0 Å². The normalized spacial score (nSPS) is 13.7. The van der Waals surface area contributed by atoms with Crippen LogP contribution in [0.4, 0.5) is 13.2 Å². The summed E-state index contributed by atoms with van der Waals surface area (Å²) in [5, 5.41) is 0. The molecule has 0 aromatic carbocycles. The van der Waals surface area contributed by atoms with Crippen molar-refractivity contribution in [1.82, 2.24) is 0 Å². The van der Waals surface area contributed by atoms with E-state index < -0.39 is 11.7 Å². The van der Waals surface area contributed by atoms with Crippen molar-refractivity contribution < 1.29 is 13.2 Å². The molecule has 0 saturated heterocycles. The summed E-state index contributed by atoms with van der Waals surface area (Å²) in [6, 6.07) is 0. The fraction of sp³-hybridized carbons (Fsp3) is 0.571. The Morgan fingerprint density at radius 2 is 2.00 bits per heavy atom. The van der Waals surface area contributed by atoms with E-state index in [0.717, 1.165) is 6.92 Å². The van der Waals surface area contributed by atoms with Crippen molar-refractivity contribution >= 4 is 11.8 Å². The Labute approximate surface area is 68.9 Å². The molecule has 0 bridgehead atoms. The van der Waals surface area contributed by atoms with Crippen molar-refractivity contribution in [3.63, 3.8) is 0 Å². The fourth-order valence-corrected chi connectivity index (χ4v) is 0.924. The average Bonchev–Trinajstić information content (AvgIpc) is 1.86. The Morgan fingerprint density at radius 1 is 1.45 bits per heavy atom. The molecule has 0 fully saturated rings. The highest BCUT2D eigenvalue weighted by Gasteiger charge is 2.29. The first-order valence-electron chi connectivity index (χ1n) is 3.12. The Hall–Kier alpha value is -0.120. The van der Waals surface area contributed by atoms with Gasteiger partial charge in [-0.1, -0.05) is 13.0 Å². The van der Waals surface area contributed by atoms with Crippen LogP contribution in [-0.2, 0) is 0 Å². The molecule has 0 spiro atoms. The zero-order chi connectivity index (χ0) is 8.91. The third-order valence-electron chi connectivity index (χ3n) is 1.10. The van der Waals surface area contributed by atoms with Gasteiger partial charge in [0.05, 0.1) is 0 Å². The predicted molar refractivity (Wildman–Crippen MR) is 42.2 cm³/mol. The van der Waals surface area contributed by atoms with Crippen LogP contribution in [-0.4, -0.2) is 11.9 Å². The van der Waals surface area contributed by atoms with Gasteiger partial charge in [0.15, 0.2) is 0 Å². The molecule has 0 aromatic heterocycles. The SMILES string of the molecule is C[CH]SC/C=C(\C)C(F)(F)F. The quantitative estimate of drug-likeness (QED) is 0.477. The van der Waals surface area contributed by atoms with Gasteiger partial charge in [-0.25, -0.2) is 0 Å². The van der Waals surface area contributed by atoms with E-state index in [0.29, 0.717) is 5.75 Å². The fourth-order valence-electron chi connectivity index (χ4n) is 0.385. The number of halogens is 3. The number of hydrogen-bond donors (Lipinski definition) is 0. The molecule has 65 valence electrons. The van der Waals surface area contributed by atoms with Gasteiger partial charge in [0.2, 0.25) is 0 Å². The number of thioether (sulfide) groups is 1. The molecule has 0 aromatic rings. The zero-order valence-corrected chi connectivity index (χ0v) is 7.22. The van der Waals surface area contributed by atoms with Crippen LogP contribution in [0.25, 0.3) is 0 Å². The summed E-state index contributed by atoms with van der Waals surface area (Å²) >= 11 is 1.35. The van der Waals surface area contributed by atoms with E-state index in [9.17, 15) is 13.2 Å². The van der Waals surface area contributed by atoms with Crippen LogP contribution in [0.1, 0.15) is 13.8 Å². The molecule has 4 heteroatoms. The van der Waals surface area contributed by atoms with Gasteiger partial charge in [-0.2, -0.15) is 24.9 Å². The Bertz CT molecular complexity index is 137. The number of rotatable bonds is 3. The maximum atomic E-state index is 11.8. The van der Waals surface area contributed by atoms with E-state index in [2.05, 4.69) is 0 Å². The van der Waals surface area contributed by atoms with Crippen molar-refractivity contribution in [3.8, 4) is 0 Å². The molecule has 0 aliphatic rings. The van der Waals surface area contributed by atoms with Crippen molar-refractivity contribution in [2.75, 3.05) is 5.75 Å². The highest BCUT2D eigenvalue weighted by atomic mass is 32.2. The molecule has 0 atom stereocenters. The van der Waals surface area contributed by atoms with Gasteiger partial charge >= 0.3 is 6.18 Å². The first-order valence-corrected chi connectivity index (χ1v) is 4.16. The second-order valence-corrected chi connectivity index (χ2v) is 3.09. The van der Waals surface area contributed by atoms with E-state index in [1.165, 1.54) is 17.8 Å². The maximum absolute atomic E-state index is 11.8. The van der Waals surface area contributed by atoms with E-state index in [1.807, 2.05) is 0 Å². The van der Waals surface area contributed by atoms with Crippen molar-refractivity contribution in [1.29, 1.82) is 0 Å². The van der Waals surface area contributed by atoms with Gasteiger partial charge in [-0.15, -0.1) is 0 Å². The Morgan fingerprint density at radius 3 is 2.36 bits per heavy atom. The lowest BCUT2D eigenvalue weighted by atomic mass is 10.3.